The molecule has 0 radical (unpaired) electrons. The van der Waals surface area contributed by atoms with E-state index in [2.05, 4.69) is 27.2 Å². The minimum absolute atomic E-state index is 0.194. The van der Waals surface area contributed by atoms with Crippen molar-refractivity contribution in [3.8, 4) is 23.0 Å². The summed E-state index contributed by atoms with van der Waals surface area (Å²) in [5.74, 6) is 5.87. The number of amides is 1. The molecule has 0 aliphatic carbocycles. The summed E-state index contributed by atoms with van der Waals surface area (Å²) in [6.45, 7) is 5.27. The number of nitrogens with one attached hydrogen (secondary N) is 1. The zero-order valence-electron chi connectivity index (χ0n) is 19.5. The predicted octanol–water partition coefficient (Wildman–Crippen LogP) is 4.67. The van der Waals surface area contributed by atoms with Gasteiger partial charge in [0.2, 0.25) is 5.43 Å². The molecule has 0 spiro atoms. The molecule has 0 saturated carbocycles. The third kappa shape index (κ3) is 3.85. The second-order valence-corrected chi connectivity index (χ2v) is 8.13. The summed E-state index contributed by atoms with van der Waals surface area (Å²) >= 11 is 0. The van der Waals surface area contributed by atoms with Crippen LogP contribution in [0.5, 0.6) is 0 Å². The first-order valence-electron chi connectivity index (χ1n) is 11.2. The molecule has 7 heteroatoms. The average molecular weight is 463 g/mol. The molecular formula is C28H22N4O3. The first-order chi connectivity index (χ1) is 17.0. The number of carbonyl (C=O) groups excluding carboxylic acids is 1. The lowest BCUT2D eigenvalue weighted by Crippen LogP contribution is -2.28. The van der Waals surface area contributed by atoms with Gasteiger partial charge < -0.3 is 9.73 Å². The second kappa shape index (κ2) is 8.92. The highest BCUT2D eigenvalue weighted by Gasteiger charge is 2.25. The molecule has 0 bridgehead atoms. The van der Waals surface area contributed by atoms with Crippen molar-refractivity contribution in [3.05, 3.63) is 99.8 Å². The monoisotopic (exact) mass is 462 g/mol. The minimum Gasteiger partial charge on any atom is -0.458 e. The van der Waals surface area contributed by atoms with Crippen molar-refractivity contribution < 1.29 is 9.21 Å². The number of aromatic nitrogens is 3. The van der Waals surface area contributed by atoms with E-state index in [1.807, 2.05) is 30.3 Å². The van der Waals surface area contributed by atoms with Gasteiger partial charge >= 0.3 is 0 Å². The summed E-state index contributed by atoms with van der Waals surface area (Å²) in [7, 11) is 0. The Labute approximate surface area is 201 Å². The first kappa shape index (κ1) is 22.1. The van der Waals surface area contributed by atoms with E-state index in [1.54, 1.807) is 61.9 Å². The topological polar surface area (TPSA) is 89.5 Å². The molecule has 2 aromatic carbocycles. The number of carbonyl (C=O) groups is 1. The summed E-state index contributed by atoms with van der Waals surface area (Å²) in [6, 6.07) is 15.8. The molecule has 3 aromatic heterocycles. The number of hydrogen-bond acceptors (Lipinski definition) is 5. The Morgan fingerprint density at radius 3 is 2.69 bits per heavy atom. The maximum absolute atomic E-state index is 13.8. The molecule has 0 aliphatic heterocycles. The Balaban J connectivity index is 1.66. The van der Waals surface area contributed by atoms with Crippen molar-refractivity contribution in [2.75, 3.05) is 0 Å². The van der Waals surface area contributed by atoms with Gasteiger partial charge in [0.25, 0.3) is 5.91 Å². The normalized spacial score (nSPS) is 11.7. The van der Waals surface area contributed by atoms with Gasteiger partial charge in [-0.1, -0.05) is 42.3 Å². The highest BCUT2D eigenvalue weighted by atomic mass is 16.3. The molecule has 1 amide bonds. The molecule has 3 heterocycles. The minimum atomic E-state index is -0.617. The van der Waals surface area contributed by atoms with Crippen LogP contribution in [-0.4, -0.2) is 20.5 Å². The Bertz CT molecular complexity index is 1710. The molecule has 7 nitrogen and oxygen atoms in total. The molecule has 5 aromatic rings. The van der Waals surface area contributed by atoms with E-state index in [9.17, 15) is 9.59 Å². The van der Waals surface area contributed by atoms with Gasteiger partial charge in [0.15, 0.2) is 5.65 Å². The number of benzene rings is 2. The van der Waals surface area contributed by atoms with Gasteiger partial charge in [-0.15, -0.1) is 5.92 Å². The molecular weight excluding hydrogens is 440 g/mol. The molecule has 1 atom stereocenters. The summed E-state index contributed by atoms with van der Waals surface area (Å²) in [5, 5.41) is 7.77. The maximum atomic E-state index is 13.8. The fourth-order valence-corrected chi connectivity index (χ4v) is 4.28. The quantitative estimate of drug-likeness (QED) is 0.392. The highest BCUT2D eigenvalue weighted by Crippen LogP contribution is 2.30. The fraction of sp³-hybridized carbons (Fsp3) is 0.143. The van der Waals surface area contributed by atoms with E-state index in [0.717, 1.165) is 0 Å². The second-order valence-electron chi connectivity index (χ2n) is 8.13. The lowest BCUT2D eigenvalue weighted by atomic mass is 9.97. The van der Waals surface area contributed by atoms with Crippen LogP contribution in [0, 0.1) is 18.8 Å². The molecule has 5 rings (SSSR count). The highest BCUT2D eigenvalue weighted by molar-refractivity contribution is 6.01. The van der Waals surface area contributed by atoms with E-state index >= 15 is 0 Å². The summed E-state index contributed by atoms with van der Waals surface area (Å²) < 4.78 is 7.86. The van der Waals surface area contributed by atoms with Crippen LogP contribution in [0.15, 0.2) is 76.2 Å². The molecule has 0 saturated heterocycles. The van der Waals surface area contributed by atoms with Crippen molar-refractivity contribution >= 4 is 22.5 Å². The van der Waals surface area contributed by atoms with E-state index in [-0.39, 0.29) is 11.3 Å². The first-order valence-corrected chi connectivity index (χ1v) is 11.2. The van der Waals surface area contributed by atoms with Gasteiger partial charge in [0.1, 0.15) is 16.9 Å². The summed E-state index contributed by atoms with van der Waals surface area (Å²) in [6.07, 6.45) is 3.35. The zero-order valence-corrected chi connectivity index (χ0v) is 19.5. The van der Waals surface area contributed by atoms with E-state index in [0.29, 0.717) is 50.3 Å². The van der Waals surface area contributed by atoms with Crippen LogP contribution in [0.1, 0.15) is 47.3 Å². The van der Waals surface area contributed by atoms with E-state index in [4.69, 9.17) is 4.42 Å². The van der Waals surface area contributed by atoms with Crippen LogP contribution in [-0.2, 0) is 0 Å². The molecule has 0 fully saturated rings. The predicted molar refractivity (Wildman–Crippen MR) is 134 cm³/mol. The van der Waals surface area contributed by atoms with Crippen LogP contribution >= 0.6 is 0 Å². The lowest BCUT2D eigenvalue weighted by Gasteiger charge is -2.18. The van der Waals surface area contributed by atoms with Crippen molar-refractivity contribution in [3.63, 3.8) is 0 Å². The van der Waals surface area contributed by atoms with Crippen molar-refractivity contribution in [2.45, 2.75) is 26.8 Å². The Kier molecular flexibility index (Phi) is 5.63. The van der Waals surface area contributed by atoms with Gasteiger partial charge in [-0.25, -0.2) is 9.50 Å². The lowest BCUT2D eigenvalue weighted by molar-refractivity contribution is 0.0936. The SMILES string of the molecule is CC#Cc1cccc2oc(C(C)NC(=O)c3c(C)nn4cccnc34)c(-c3ccccc3)c(=O)c12. The van der Waals surface area contributed by atoms with Gasteiger partial charge in [0, 0.05) is 18.0 Å². The van der Waals surface area contributed by atoms with Crippen LogP contribution < -0.4 is 10.7 Å². The maximum Gasteiger partial charge on any atom is 0.257 e. The Morgan fingerprint density at radius 1 is 1.11 bits per heavy atom. The number of rotatable bonds is 4. The number of nitrogens with zero attached hydrogens (tertiary/aromatic N) is 3. The smallest absolute Gasteiger partial charge is 0.257 e. The van der Waals surface area contributed by atoms with Crippen LogP contribution in [0.2, 0.25) is 0 Å². The average Bonchev–Trinajstić information content (AvgIpc) is 3.20. The standard InChI is InChI=1S/C28H22N4O3/c1-4-10-19-13-8-14-21-23(19)25(33)24(20-11-6-5-7-12-20)26(35-21)18(3)30-28(34)22-17(2)31-32-16-9-15-29-27(22)32/h5-9,11-16,18H,1-3H3,(H,30,34). The zero-order chi connectivity index (χ0) is 24.5. The summed E-state index contributed by atoms with van der Waals surface area (Å²) in [4.78, 5) is 31.5. The van der Waals surface area contributed by atoms with Crippen molar-refractivity contribution in [1.82, 2.24) is 19.9 Å². The number of fused-ring (bicyclic) bond motifs is 2. The van der Waals surface area contributed by atoms with Crippen molar-refractivity contribution in [1.29, 1.82) is 0 Å². The van der Waals surface area contributed by atoms with Crippen molar-refractivity contribution in [2.24, 2.45) is 0 Å². The number of hydrogen-bond donors (Lipinski definition) is 1. The van der Waals surface area contributed by atoms with Crippen LogP contribution in [0.25, 0.3) is 27.7 Å². The molecule has 172 valence electrons. The van der Waals surface area contributed by atoms with Gasteiger partial charge in [-0.3, -0.25) is 9.59 Å². The largest absolute Gasteiger partial charge is 0.458 e. The summed E-state index contributed by atoms with van der Waals surface area (Å²) in [5.41, 5.74) is 3.31. The van der Waals surface area contributed by atoms with E-state index in [1.165, 1.54) is 0 Å². The van der Waals surface area contributed by atoms with Gasteiger partial charge in [-0.2, -0.15) is 5.10 Å². The van der Waals surface area contributed by atoms with Crippen LogP contribution in [0.3, 0.4) is 0 Å². The third-order valence-electron chi connectivity index (χ3n) is 5.81. The van der Waals surface area contributed by atoms with Gasteiger partial charge in [-0.05, 0) is 44.5 Å². The molecule has 35 heavy (non-hydrogen) atoms. The number of aryl methyl sites for hydroxylation is 1. The molecule has 1 N–H and O–H groups in total. The Morgan fingerprint density at radius 2 is 1.91 bits per heavy atom. The van der Waals surface area contributed by atoms with E-state index < -0.39 is 6.04 Å². The Hall–Kier alpha value is -4.70. The molecule has 0 aliphatic rings. The molecule has 1 unspecified atom stereocenters. The third-order valence-corrected chi connectivity index (χ3v) is 5.81. The fourth-order valence-electron chi connectivity index (χ4n) is 4.28. The van der Waals surface area contributed by atoms with Crippen LogP contribution in [0.4, 0.5) is 0 Å². The van der Waals surface area contributed by atoms with Gasteiger partial charge in [0.05, 0.1) is 22.7 Å².